The standard InChI is InChI=1S/C35H34N6O20S6/c36-31-30-23(21-29(65(49,50)51)33(31)40-37-24-9-11-27(12-10-24)64(47,48)18-15-59-67(55,56)57)20-28(62-61-60-44)32(34(30)42)39-38-25-6-4-5-22(19-25)35(43)41(26-7-2-1-3-8-26)13-16-63(45,46)17-14-58-66(52,53)54/h1-12,19-21,42,44H,13-18,36H2,(H,49,50,51)(H,52,53,54)(H,55,56,57). The van der Waals surface area contributed by atoms with Crippen LogP contribution in [-0.2, 0) is 68.3 Å². The van der Waals surface area contributed by atoms with Crippen LogP contribution in [0, 0.1) is 0 Å². The van der Waals surface area contributed by atoms with Gasteiger partial charge in [-0.25, -0.2) is 30.5 Å². The van der Waals surface area contributed by atoms with Crippen LogP contribution < -0.4 is 10.6 Å². The minimum Gasteiger partial charge on any atom is -0.505 e. The van der Waals surface area contributed by atoms with Crippen LogP contribution in [0.5, 0.6) is 5.75 Å². The number of hydrogen-bond acceptors (Lipinski definition) is 23. The molecule has 0 atom stereocenters. The van der Waals surface area contributed by atoms with E-state index < -0.39 is 121 Å². The van der Waals surface area contributed by atoms with Crippen LogP contribution in [0.2, 0.25) is 0 Å². The second-order valence-electron chi connectivity index (χ2n) is 13.2. The molecule has 1 amide bonds. The summed E-state index contributed by atoms with van der Waals surface area (Å²) in [6.07, 6.45) is 0. The minimum absolute atomic E-state index is 0.0296. The molecule has 0 saturated heterocycles. The molecule has 0 heterocycles. The van der Waals surface area contributed by atoms with Gasteiger partial charge in [-0.15, -0.1) is 14.6 Å². The SMILES string of the molecule is Nc1c(N=Nc2ccc(S(=O)(=O)CCOS(=O)(=O)O)cc2)c(S(=O)(=O)O)cc2cc(SOOO)c(N=Nc3cccc(C(=O)N(CCS(=O)(=O)CCOS(=O)(=O)O)c4ccccc4)c3)c(O)c12. The Balaban J connectivity index is 1.50. The molecule has 0 aliphatic rings. The highest BCUT2D eigenvalue weighted by atomic mass is 32.3. The van der Waals surface area contributed by atoms with Gasteiger partial charge in [0.05, 0.1) is 74.8 Å². The molecule has 0 radical (unpaired) electrons. The minimum atomic E-state index is -5.16. The van der Waals surface area contributed by atoms with Gasteiger partial charge in [-0.3, -0.25) is 18.5 Å². The van der Waals surface area contributed by atoms with E-state index in [1.807, 2.05) is 0 Å². The van der Waals surface area contributed by atoms with E-state index in [1.54, 1.807) is 18.2 Å². The van der Waals surface area contributed by atoms with Crippen molar-refractivity contribution in [1.29, 1.82) is 0 Å². The number of hydrogen-bond donors (Lipinski definition) is 6. The molecule has 0 aliphatic carbocycles. The fraction of sp³-hybridized carbons (Fsp3) is 0.171. The van der Waals surface area contributed by atoms with Crippen molar-refractivity contribution in [1.82, 2.24) is 0 Å². The van der Waals surface area contributed by atoms with E-state index in [2.05, 4.69) is 38.2 Å². The summed E-state index contributed by atoms with van der Waals surface area (Å²) >= 11 is 0.245. The number of nitrogens with two attached hydrogens (primary N) is 1. The first-order valence-electron chi connectivity index (χ1n) is 18.1. The van der Waals surface area contributed by atoms with Gasteiger partial charge >= 0.3 is 20.8 Å². The maximum absolute atomic E-state index is 13.9. The Hall–Kier alpha value is -5.59. The van der Waals surface area contributed by atoms with E-state index >= 15 is 0 Å². The van der Waals surface area contributed by atoms with Crippen LogP contribution >= 0.6 is 12.0 Å². The fourth-order valence-corrected chi connectivity index (χ4v) is 9.79. The highest BCUT2D eigenvalue weighted by molar-refractivity contribution is 7.94. The molecule has 0 spiro atoms. The highest BCUT2D eigenvalue weighted by Crippen LogP contribution is 2.49. The van der Waals surface area contributed by atoms with Gasteiger partial charge in [-0.05, 0) is 72.1 Å². The number of nitrogens with zero attached hydrogens (tertiary/aromatic N) is 5. The van der Waals surface area contributed by atoms with E-state index in [1.165, 1.54) is 36.4 Å². The zero-order valence-electron chi connectivity index (χ0n) is 33.5. The third-order valence-corrected chi connectivity index (χ3v) is 14.4. The lowest BCUT2D eigenvalue weighted by molar-refractivity contribution is -0.432. The molecular formula is C35H34N6O20S6. The number of fused-ring (bicyclic) bond motifs is 1. The lowest BCUT2D eigenvalue weighted by Gasteiger charge is -2.23. The summed E-state index contributed by atoms with van der Waals surface area (Å²) < 4.78 is 159. The van der Waals surface area contributed by atoms with E-state index in [4.69, 9.17) is 20.1 Å². The normalized spacial score (nSPS) is 12.9. The molecule has 360 valence electrons. The Labute approximate surface area is 385 Å². The summed E-state index contributed by atoms with van der Waals surface area (Å²) in [7, 11) is -23.1. The number of nitrogen functional groups attached to an aromatic ring is 1. The van der Waals surface area contributed by atoms with Crippen molar-refractivity contribution in [3.63, 3.8) is 0 Å². The van der Waals surface area contributed by atoms with Crippen molar-refractivity contribution < 1.29 is 88.6 Å². The zero-order chi connectivity index (χ0) is 49.4. The molecule has 0 aliphatic heterocycles. The number of rotatable bonds is 22. The van der Waals surface area contributed by atoms with Crippen LogP contribution in [0.1, 0.15) is 10.4 Å². The first kappa shape index (κ1) is 52.4. The maximum atomic E-state index is 13.9. The molecule has 5 rings (SSSR count). The summed E-state index contributed by atoms with van der Waals surface area (Å²) in [4.78, 5) is 13.6. The predicted octanol–water partition coefficient (Wildman–Crippen LogP) is 5.11. The van der Waals surface area contributed by atoms with Crippen LogP contribution in [0.4, 0.5) is 34.1 Å². The summed E-state index contributed by atoms with van der Waals surface area (Å²) in [5.74, 6) is -3.82. The highest BCUT2D eigenvalue weighted by Gasteiger charge is 2.27. The zero-order valence-corrected chi connectivity index (χ0v) is 38.4. The maximum Gasteiger partial charge on any atom is 0.397 e. The van der Waals surface area contributed by atoms with Gasteiger partial charge in [0.25, 0.3) is 16.0 Å². The summed E-state index contributed by atoms with van der Waals surface area (Å²) in [6.45, 7) is -2.18. The first-order chi connectivity index (χ1) is 31.3. The van der Waals surface area contributed by atoms with E-state index in [0.29, 0.717) is 0 Å². The molecule has 32 heteroatoms. The summed E-state index contributed by atoms with van der Waals surface area (Å²) in [6, 6.07) is 19.6. The van der Waals surface area contributed by atoms with Crippen LogP contribution in [-0.4, -0.2) is 109 Å². The fourth-order valence-electron chi connectivity index (χ4n) is 5.74. The summed E-state index contributed by atoms with van der Waals surface area (Å²) in [5.41, 5.74) is 4.70. The Kier molecular flexibility index (Phi) is 16.9. The Morgan fingerprint density at radius 3 is 1.91 bits per heavy atom. The van der Waals surface area contributed by atoms with Crippen LogP contribution in [0.15, 0.2) is 126 Å². The number of carbonyl (C=O) groups is 1. The number of para-hydroxylation sites is 1. The third kappa shape index (κ3) is 14.7. The van der Waals surface area contributed by atoms with Crippen LogP contribution in [0.3, 0.4) is 0 Å². The number of aromatic hydroxyl groups is 1. The molecule has 7 N–H and O–H groups in total. The molecule has 26 nitrogen and oxygen atoms in total. The van der Waals surface area contributed by atoms with Gasteiger partial charge in [0, 0.05) is 17.8 Å². The van der Waals surface area contributed by atoms with E-state index in [9.17, 15) is 56.5 Å². The monoisotopic (exact) mass is 1050 g/mol. The van der Waals surface area contributed by atoms with Crippen molar-refractivity contribution in [3.8, 4) is 5.75 Å². The van der Waals surface area contributed by atoms with Gasteiger partial charge in [-0.2, -0.15) is 35.5 Å². The topological polar surface area (TPSA) is 405 Å². The largest absolute Gasteiger partial charge is 0.505 e. The van der Waals surface area contributed by atoms with Gasteiger partial charge in [-0.1, -0.05) is 29.3 Å². The molecule has 0 fully saturated rings. The number of phenolic OH excluding ortho intramolecular Hbond substituents is 1. The molecule has 5 aromatic carbocycles. The van der Waals surface area contributed by atoms with Crippen molar-refractivity contribution in [2.24, 2.45) is 20.5 Å². The average Bonchev–Trinajstić information content (AvgIpc) is 3.24. The molecule has 5 aromatic rings. The van der Waals surface area contributed by atoms with Gasteiger partial charge in [0.15, 0.2) is 25.4 Å². The van der Waals surface area contributed by atoms with Crippen molar-refractivity contribution in [2.45, 2.75) is 14.7 Å². The van der Waals surface area contributed by atoms with Crippen LogP contribution in [0.25, 0.3) is 10.8 Å². The first-order valence-corrected chi connectivity index (χ1v) is 26.5. The van der Waals surface area contributed by atoms with E-state index in [0.717, 1.165) is 41.3 Å². The summed E-state index contributed by atoms with van der Waals surface area (Å²) in [5, 5.41) is 39.5. The van der Waals surface area contributed by atoms with Gasteiger partial charge in [0.1, 0.15) is 16.3 Å². The number of phenols is 1. The molecule has 0 bridgehead atoms. The number of amides is 1. The molecule has 0 aromatic heterocycles. The number of benzene rings is 5. The molecule has 0 unspecified atom stereocenters. The Morgan fingerprint density at radius 2 is 1.30 bits per heavy atom. The third-order valence-electron chi connectivity index (χ3n) is 8.72. The quantitative estimate of drug-likeness (QED) is 0.0131. The van der Waals surface area contributed by atoms with Crippen molar-refractivity contribution in [3.05, 3.63) is 96.6 Å². The number of anilines is 2. The van der Waals surface area contributed by atoms with Gasteiger partial charge in [0.2, 0.25) is 0 Å². The number of sulfone groups is 2. The average molecular weight is 1050 g/mol. The molecule has 67 heavy (non-hydrogen) atoms. The lowest BCUT2D eigenvalue weighted by Crippen LogP contribution is -2.36. The van der Waals surface area contributed by atoms with E-state index in [-0.39, 0.29) is 55.2 Å². The van der Waals surface area contributed by atoms with Crippen molar-refractivity contribution >= 4 is 113 Å². The smallest absolute Gasteiger partial charge is 0.397 e. The molecule has 0 saturated carbocycles. The lowest BCUT2D eigenvalue weighted by atomic mass is 10.1. The predicted molar refractivity (Wildman–Crippen MR) is 236 cm³/mol. The molecular weight excluding hydrogens is 1020 g/mol. The second-order valence-corrected chi connectivity index (χ2v) is 21.9. The number of carbonyl (C=O) groups excluding carboxylic acids is 1. The Morgan fingerprint density at radius 1 is 0.687 bits per heavy atom. The second kappa shape index (κ2) is 21.6. The van der Waals surface area contributed by atoms with Gasteiger partial charge < -0.3 is 15.7 Å². The number of azo groups is 2. The Bertz CT molecular complexity index is 3290. The van der Waals surface area contributed by atoms with Crippen molar-refractivity contribution in [2.75, 3.05) is 47.7 Å².